The maximum atomic E-state index is 12.0. The number of primary amides is 1. The number of hydrogen-bond acceptors (Lipinski definition) is 5. The van der Waals surface area contributed by atoms with E-state index in [1.165, 1.54) is 33.1 Å². The molecule has 0 heterocycles. The molecule has 0 fully saturated rings. The van der Waals surface area contributed by atoms with Crippen molar-refractivity contribution in [2.75, 3.05) is 7.11 Å². The molecule has 2 N–H and O–H groups in total. The third-order valence-electron chi connectivity index (χ3n) is 2.98. The normalized spacial score (nSPS) is 12.8. The fourth-order valence-corrected chi connectivity index (χ4v) is 2.89. The summed E-state index contributed by atoms with van der Waals surface area (Å²) in [6.07, 6.45) is 0. The lowest BCUT2D eigenvalue weighted by atomic mass is 10.1. The van der Waals surface area contributed by atoms with E-state index in [9.17, 15) is 18.0 Å². The van der Waals surface area contributed by atoms with E-state index in [0.29, 0.717) is 16.9 Å². The minimum atomic E-state index is -3.75. The van der Waals surface area contributed by atoms with Crippen LogP contribution in [0.25, 0.3) is 0 Å². The largest absolute Gasteiger partial charge is 0.496 e. The highest BCUT2D eigenvalue weighted by Gasteiger charge is 2.27. The third kappa shape index (κ3) is 3.57. The average molecular weight is 299 g/mol. The van der Waals surface area contributed by atoms with Crippen molar-refractivity contribution in [3.05, 3.63) is 29.3 Å². The first-order valence-electron chi connectivity index (χ1n) is 5.87. The van der Waals surface area contributed by atoms with Crippen molar-refractivity contribution in [3.8, 4) is 5.75 Å². The maximum Gasteiger partial charge on any atom is 0.235 e. The number of amides is 1. The number of methoxy groups -OCH3 is 1. The van der Waals surface area contributed by atoms with Gasteiger partial charge in [-0.3, -0.25) is 9.59 Å². The zero-order chi connectivity index (χ0) is 15.5. The van der Waals surface area contributed by atoms with Crippen molar-refractivity contribution in [1.82, 2.24) is 0 Å². The Kier molecular flexibility index (Phi) is 4.88. The summed E-state index contributed by atoms with van der Waals surface area (Å²) in [4.78, 5) is 22.4. The number of nitrogens with two attached hydrogens (primary N) is 1. The summed E-state index contributed by atoms with van der Waals surface area (Å²) in [5, 5.41) is -1.30. The molecular weight excluding hydrogens is 282 g/mol. The molecule has 0 saturated heterocycles. The zero-order valence-corrected chi connectivity index (χ0v) is 12.4. The second kappa shape index (κ2) is 6.04. The van der Waals surface area contributed by atoms with Gasteiger partial charge in [0.25, 0.3) is 0 Å². The molecule has 0 unspecified atom stereocenters. The lowest BCUT2D eigenvalue weighted by molar-refractivity contribution is -0.117. The highest BCUT2D eigenvalue weighted by molar-refractivity contribution is 7.92. The second-order valence-electron chi connectivity index (χ2n) is 4.43. The minimum Gasteiger partial charge on any atom is -0.496 e. The molecule has 1 rings (SSSR count). The number of carbonyl (C=O) groups excluding carboxylic acids is 2. The van der Waals surface area contributed by atoms with Gasteiger partial charge < -0.3 is 10.5 Å². The highest BCUT2D eigenvalue weighted by atomic mass is 32.2. The van der Waals surface area contributed by atoms with Crippen LogP contribution in [0, 0.1) is 0 Å². The highest BCUT2D eigenvalue weighted by Crippen LogP contribution is 2.24. The van der Waals surface area contributed by atoms with Gasteiger partial charge in [0.1, 0.15) is 11.0 Å². The molecule has 1 aromatic carbocycles. The molecule has 1 atom stereocenters. The molecule has 1 amide bonds. The first kappa shape index (κ1) is 16.2. The van der Waals surface area contributed by atoms with E-state index in [0.717, 1.165) is 0 Å². The molecule has 0 aromatic heterocycles. The third-order valence-corrected chi connectivity index (χ3v) is 5.01. The number of benzene rings is 1. The van der Waals surface area contributed by atoms with Crippen LogP contribution in [-0.2, 0) is 20.4 Å². The molecular formula is C13H17NO5S. The van der Waals surface area contributed by atoms with Gasteiger partial charge in [0.05, 0.1) is 12.9 Å². The molecule has 0 saturated carbocycles. The summed E-state index contributed by atoms with van der Waals surface area (Å²) in [7, 11) is -2.35. The molecule has 0 spiro atoms. The van der Waals surface area contributed by atoms with Gasteiger partial charge in [0.2, 0.25) is 5.91 Å². The van der Waals surface area contributed by atoms with Crippen molar-refractivity contribution in [1.29, 1.82) is 0 Å². The molecule has 0 aliphatic heterocycles. The molecule has 7 heteroatoms. The molecule has 0 radical (unpaired) electrons. The zero-order valence-electron chi connectivity index (χ0n) is 11.5. The predicted molar refractivity (Wildman–Crippen MR) is 74.3 cm³/mol. The number of rotatable bonds is 6. The van der Waals surface area contributed by atoms with Crippen LogP contribution < -0.4 is 10.5 Å². The number of ketones is 1. The quantitative estimate of drug-likeness (QED) is 0.778. The van der Waals surface area contributed by atoms with Gasteiger partial charge in [-0.05, 0) is 32.0 Å². The lowest BCUT2D eigenvalue weighted by Crippen LogP contribution is -2.34. The van der Waals surface area contributed by atoms with E-state index < -0.39 is 26.7 Å². The number of Topliss-reactive ketones (excluding diaryl/α,β-unsaturated/α-hetero) is 1. The van der Waals surface area contributed by atoms with Crippen LogP contribution in [0.4, 0.5) is 0 Å². The summed E-state index contributed by atoms with van der Waals surface area (Å²) in [6.45, 7) is 2.62. The Morgan fingerprint density at radius 1 is 1.35 bits per heavy atom. The molecule has 6 nitrogen and oxygen atoms in total. The summed E-state index contributed by atoms with van der Waals surface area (Å²) in [5.41, 5.74) is 5.73. The number of sulfone groups is 1. The summed E-state index contributed by atoms with van der Waals surface area (Å²) in [5.74, 6) is -1.17. The topological polar surface area (TPSA) is 104 Å². The lowest BCUT2D eigenvalue weighted by Gasteiger charge is -2.13. The fourth-order valence-electron chi connectivity index (χ4n) is 1.63. The SMILES string of the molecule is COc1ccc(C(C)=O)cc1CS(=O)(=O)[C@H](C)C(N)=O. The first-order chi connectivity index (χ1) is 9.19. The van der Waals surface area contributed by atoms with E-state index in [2.05, 4.69) is 0 Å². The molecule has 0 aliphatic carbocycles. The smallest absolute Gasteiger partial charge is 0.235 e. The molecule has 0 bridgehead atoms. The molecule has 20 heavy (non-hydrogen) atoms. The van der Waals surface area contributed by atoms with Crippen LogP contribution >= 0.6 is 0 Å². The first-order valence-corrected chi connectivity index (χ1v) is 7.59. The molecule has 0 aliphatic rings. The van der Waals surface area contributed by atoms with Crippen molar-refractivity contribution in [2.45, 2.75) is 24.9 Å². The maximum absolute atomic E-state index is 12.0. The Morgan fingerprint density at radius 2 is 1.95 bits per heavy atom. The van der Waals surface area contributed by atoms with Crippen molar-refractivity contribution in [2.24, 2.45) is 5.73 Å². The van der Waals surface area contributed by atoms with Gasteiger partial charge >= 0.3 is 0 Å². The Balaban J connectivity index is 3.22. The van der Waals surface area contributed by atoms with Crippen LogP contribution in [0.2, 0.25) is 0 Å². The minimum absolute atomic E-state index is 0.186. The summed E-state index contributed by atoms with van der Waals surface area (Å²) < 4.78 is 29.2. The second-order valence-corrected chi connectivity index (χ2v) is 6.76. The van der Waals surface area contributed by atoms with Gasteiger partial charge in [0, 0.05) is 11.1 Å². The number of carbonyl (C=O) groups is 2. The van der Waals surface area contributed by atoms with E-state index in [1.54, 1.807) is 6.07 Å². The average Bonchev–Trinajstić information content (AvgIpc) is 2.36. The van der Waals surface area contributed by atoms with E-state index in [1.807, 2.05) is 0 Å². The van der Waals surface area contributed by atoms with Crippen molar-refractivity contribution in [3.63, 3.8) is 0 Å². The van der Waals surface area contributed by atoms with E-state index in [4.69, 9.17) is 10.5 Å². The molecule has 1 aromatic rings. The van der Waals surface area contributed by atoms with Crippen LogP contribution in [-0.4, -0.2) is 32.5 Å². The Labute approximate surface area is 117 Å². The van der Waals surface area contributed by atoms with Crippen LogP contribution in [0.1, 0.15) is 29.8 Å². The van der Waals surface area contributed by atoms with Crippen LogP contribution in [0.5, 0.6) is 5.75 Å². The van der Waals surface area contributed by atoms with Crippen molar-refractivity contribution >= 4 is 21.5 Å². The fraction of sp³-hybridized carbons (Fsp3) is 0.385. The van der Waals surface area contributed by atoms with E-state index in [-0.39, 0.29) is 5.78 Å². The molecule has 110 valence electrons. The van der Waals surface area contributed by atoms with E-state index >= 15 is 0 Å². The van der Waals surface area contributed by atoms with Crippen molar-refractivity contribution < 1.29 is 22.7 Å². The summed E-state index contributed by atoms with van der Waals surface area (Å²) in [6, 6.07) is 4.53. The number of hydrogen-bond donors (Lipinski definition) is 1. The van der Waals surface area contributed by atoms with Gasteiger partial charge in [-0.15, -0.1) is 0 Å². The number of ether oxygens (including phenoxy) is 1. The van der Waals surface area contributed by atoms with Crippen LogP contribution in [0.3, 0.4) is 0 Å². The Bertz CT molecular complexity index is 636. The van der Waals surface area contributed by atoms with Gasteiger partial charge in [-0.25, -0.2) is 8.42 Å². The Hall–Kier alpha value is -1.89. The van der Waals surface area contributed by atoms with Gasteiger partial charge in [0.15, 0.2) is 15.6 Å². The predicted octanol–water partition coefficient (Wildman–Crippen LogP) is 0.686. The Morgan fingerprint density at radius 3 is 2.40 bits per heavy atom. The standard InChI is InChI=1S/C13H17NO5S/c1-8(15)10-4-5-12(19-3)11(6-10)7-20(17,18)9(2)13(14)16/h4-6,9H,7H2,1-3H3,(H2,14,16)/t9-/m1/s1. The van der Waals surface area contributed by atoms with Crippen LogP contribution in [0.15, 0.2) is 18.2 Å². The summed E-state index contributed by atoms with van der Waals surface area (Å²) >= 11 is 0. The monoisotopic (exact) mass is 299 g/mol. The van der Waals surface area contributed by atoms with Gasteiger partial charge in [-0.1, -0.05) is 0 Å². The van der Waals surface area contributed by atoms with Gasteiger partial charge in [-0.2, -0.15) is 0 Å².